The quantitative estimate of drug-likeness (QED) is 0.0554. The Bertz CT molecular complexity index is 909. The third kappa shape index (κ3) is 9.90. The Morgan fingerprint density at radius 1 is 0.674 bits per heavy atom. The molecular formula is C26H36F12O5. The molecule has 0 spiro atoms. The number of alkyl halides is 12. The molecule has 0 aromatic heterocycles. The number of carbonyl (C=O) groups excluding carboxylic acids is 2. The molecule has 0 rings (SSSR count). The fourth-order valence-electron chi connectivity index (χ4n) is 3.62. The molecule has 0 aromatic rings. The highest BCUT2D eigenvalue weighted by Crippen LogP contribution is 2.61. The topological polar surface area (TPSA) is 72.8 Å². The molecule has 0 radical (unpaired) electrons. The zero-order valence-corrected chi connectivity index (χ0v) is 23.6. The molecule has 0 saturated carbocycles. The summed E-state index contributed by atoms with van der Waals surface area (Å²) in [7, 11) is 0. The van der Waals surface area contributed by atoms with Crippen molar-refractivity contribution in [2.45, 2.75) is 114 Å². The molecule has 1 N–H and O–H groups in total. The van der Waals surface area contributed by atoms with E-state index in [2.05, 4.69) is 11.3 Å². The van der Waals surface area contributed by atoms with Crippen LogP contribution in [0.4, 0.5) is 52.7 Å². The van der Waals surface area contributed by atoms with E-state index in [1.807, 2.05) is 0 Å². The highest BCUT2D eigenvalue weighted by atomic mass is 19.4. The van der Waals surface area contributed by atoms with Gasteiger partial charge in [-0.15, -0.1) is 0 Å². The van der Waals surface area contributed by atoms with E-state index in [9.17, 15) is 62.3 Å². The number of unbranched alkanes of at least 4 members (excludes halogenated alkanes) is 4. The second-order valence-electron chi connectivity index (χ2n) is 10.0. The van der Waals surface area contributed by atoms with Gasteiger partial charge >= 0.3 is 47.5 Å². The molecule has 0 aliphatic heterocycles. The van der Waals surface area contributed by atoms with E-state index >= 15 is 0 Å². The van der Waals surface area contributed by atoms with Crippen molar-refractivity contribution in [2.24, 2.45) is 5.92 Å². The lowest BCUT2D eigenvalue weighted by Gasteiger charge is -2.41. The van der Waals surface area contributed by atoms with Crippen molar-refractivity contribution >= 4 is 11.9 Å². The summed E-state index contributed by atoms with van der Waals surface area (Å²) in [5, 5.41) is 8.84. The minimum Gasteiger partial charge on any atom is -0.465 e. The van der Waals surface area contributed by atoms with E-state index in [0.717, 1.165) is 0 Å². The van der Waals surface area contributed by atoms with E-state index in [1.54, 1.807) is 6.92 Å². The van der Waals surface area contributed by atoms with Gasteiger partial charge in [0.25, 0.3) is 0 Å². The summed E-state index contributed by atoms with van der Waals surface area (Å²) in [6.07, 6.45) is -6.37. The Balaban J connectivity index is 5.78. The number of rotatable bonds is 22. The summed E-state index contributed by atoms with van der Waals surface area (Å²) in [4.78, 5) is 23.0. The summed E-state index contributed by atoms with van der Waals surface area (Å²) in [5.74, 6) is -45.0. The van der Waals surface area contributed by atoms with Crippen LogP contribution in [0.1, 0.15) is 78.1 Å². The van der Waals surface area contributed by atoms with E-state index in [4.69, 9.17) is 9.84 Å². The molecule has 1 unspecified atom stereocenters. The van der Waals surface area contributed by atoms with Gasteiger partial charge in [0.15, 0.2) is 0 Å². The zero-order chi connectivity index (χ0) is 33.9. The van der Waals surface area contributed by atoms with Gasteiger partial charge in [-0.1, -0.05) is 46.1 Å². The average molecular weight is 657 g/mol. The first-order valence-corrected chi connectivity index (χ1v) is 13.4. The van der Waals surface area contributed by atoms with Gasteiger partial charge in [-0.05, 0) is 19.3 Å². The molecule has 0 amide bonds. The maximum absolute atomic E-state index is 14.3. The van der Waals surface area contributed by atoms with Crippen molar-refractivity contribution in [1.82, 2.24) is 0 Å². The van der Waals surface area contributed by atoms with Crippen LogP contribution in [0.25, 0.3) is 0 Å². The molecule has 0 aliphatic rings. The van der Waals surface area contributed by atoms with Gasteiger partial charge in [0.05, 0.1) is 25.4 Å². The standard InChI is InChI=1S/C26H36F12O5/c1-4-6-7-8-9-12-21(27,28)23(31,32)25(35,36)26(37,38)24(33,34)22(29,30)13-10-11-18(15-42-19(40)5-2)16-43-20(41)17(3)14-39/h18,39H,3-16H2,1-2H3. The Morgan fingerprint density at radius 3 is 1.56 bits per heavy atom. The first-order chi connectivity index (χ1) is 19.5. The summed E-state index contributed by atoms with van der Waals surface area (Å²) in [6.45, 7) is 3.92. The van der Waals surface area contributed by atoms with Crippen molar-refractivity contribution in [3.8, 4) is 0 Å². The molecule has 1 atom stereocenters. The predicted molar refractivity (Wildman–Crippen MR) is 129 cm³/mol. The van der Waals surface area contributed by atoms with Crippen LogP contribution in [0.3, 0.4) is 0 Å². The Morgan fingerprint density at radius 2 is 1.12 bits per heavy atom. The highest BCUT2D eigenvalue weighted by Gasteiger charge is 2.89. The summed E-state index contributed by atoms with van der Waals surface area (Å²) in [6, 6.07) is 0. The molecule has 0 saturated heterocycles. The largest absolute Gasteiger partial charge is 0.465 e. The lowest BCUT2D eigenvalue weighted by atomic mass is 9.88. The minimum atomic E-state index is -7.64. The SMILES string of the molecule is C=C(CO)C(=O)OCC(CCCC(F)(F)C(F)(F)C(F)(F)C(F)(F)C(F)(F)C(F)(F)CCCCCCC)COC(=O)CC. The Kier molecular flexibility index (Phi) is 15.4. The molecule has 0 bridgehead atoms. The van der Waals surface area contributed by atoms with Crippen LogP contribution >= 0.6 is 0 Å². The number of aliphatic hydroxyl groups excluding tert-OH is 1. The summed E-state index contributed by atoms with van der Waals surface area (Å²) < 4.78 is 179. The third-order valence-electron chi connectivity index (χ3n) is 6.50. The van der Waals surface area contributed by atoms with Gasteiger partial charge in [0, 0.05) is 25.2 Å². The Hall–Kier alpha value is -2.20. The van der Waals surface area contributed by atoms with Crippen LogP contribution in [0.5, 0.6) is 0 Å². The van der Waals surface area contributed by atoms with Crippen molar-refractivity contribution < 1.29 is 76.9 Å². The predicted octanol–water partition coefficient (Wildman–Crippen LogP) is 7.99. The van der Waals surface area contributed by atoms with E-state index in [-0.39, 0.29) is 19.3 Å². The highest BCUT2D eigenvalue weighted by molar-refractivity contribution is 5.87. The van der Waals surface area contributed by atoms with Gasteiger partial charge in [-0.3, -0.25) is 4.79 Å². The van der Waals surface area contributed by atoms with Crippen LogP contribution in [0.15, 0.2) is 12.2 Å². The van der Waals surface area contributed by atoms with Crippen LogP contribution in [-0.2, 0) is 19.1 Å². The van der Waals surface area contributed by atoms with Crippen molar-refractivity contribution in [3.05, 3.63) is 12.2 Å². The molecule has 0 fully saturated rings. The van der Waals surface area contributed by atoms with Crippen molar-refractivity contribution in [1.29, 1.82) is 0 Å². The molecule has 5 nitrogen and oxygen atoms in total. The maximum Gasteiger partial charge on any atom is 0.384 e. The van der Waals surface area contributed by atoms with Crippen LogP contribution in [-0.4, -0.2) is 72.4 Å². The van der Waals surface area contributed by atoms with Crippen LogP contribution in [0, 0.1) is 5.92 Å². The first kappa shape index (κ1) is 40.8. The van der Waals surface area contributed by atoms with Crippen LogP contribution < -0.4 is 0 Å². The number of halogens is 12. The molecule has 17 heteroatoms. The van der Waals surface area contributed by atoms with E-state index < -0.39 is 111 Å². The van der Waals surface area contributed by atoms with Crippen molar-refractivity contribution in [2.75, 3.05) is 19.8 Å². The fraction of sp³-hybridized carbons (Fsp3) is 0.846. The molecule has 43 heavy (non-hydrogen) atoms. The average Bonchev–Trinajstić information content (AvgIpc) is 2.92. The molecule has 254 valence electrons. The van der Waals surface area contributed by atoms with Crippen molar-refractivity contribution in [3.63, 3.8) is 0 Å². The van der Waals surface area contributed by atoms with E-state index in [0.29, 0.717) is 12.8 Å². The second-order valence-corrected chi connectivity index (χ2v) is 10.0. The smallest absolute Gasteiger partial charge is 0.384 e. The monoisotopic (exact) mass is 656 g/mol. The summed E-state index contributed by atoms with van der Waals surface area (Å²) in [5.41, 5.74) is -0.461. The number of aliphatic hydroxyl groups is 1. The second kappa shape index (κ2) is 16.2. The van der Waals surface area contributed by atoms with Gasteiger partial charge in [-0.2, -0.15) is 52.7 Å². The van der Waals surface area contributed by atoms with Gasteiger partial charge in [0.1, 0.15) is 0 Å². The van der Waals surface area contributed by atoms with Crippen LogP contribution in [0.2, 0.25) is 0 Å². The molecule has 0 aromatic carbocycles. The maximum atomic E-state index is 14.3. The molecule has 0 aliphatic carbocycles. The normalized spacial score (nSPS) is 14.4. The lowest BCUT2D eigenvalue weighted by molar-refractivity contribution is -0.425. The fourth-order valence-corrected chi connectivity index (χ4v) is 3.62. The molecular weight excluding hydrogens is 620 g/mol. The number of hydrogen-bond acceptors (Lipinski definition) is 5. The number of carbonyl (C=O) groups is 2. The van der Waals surface area contributed by atoms with Gasteiger partial charge in [0.2, 0.25) is 0 Å². The van der Waals surface area contributed by atoms with Gasteiger partial charge in [-0.25, -0.2) is 4.79 Å². The van der Waals surface area contributed by atoms with Gasteiger partial charge < -0.3 is 14.6 Å². The summed E-state index contributed by atoms with van der Waals surface area (Å²) >= 11 is 0. The first-order valence-electron chi connectivity index (χ1n) is 13.4. The number of ether oxygens (including phenoxy) is 2. The minimum absolute atomic E-state index is 0.177. The number of esters is 2. The molecule has 0 heterocycles. The number of hydrogen-bond donors (Lipinski definition) is 1. The third-order valence-corrected chi connectivity index (χ3v) is 6.50. The lowest BCUT2D eigenvalue weighted by Crippen LogP contribution is -2.70. The van der Waals surface area contributed by atoms with E-state index in [1.165, 1.54) is 6.92 Å². The zero-order valence-electron chi connectivity index (χ0n) is 23.6. The Labute approximate surface area is 241 Å².